The highest BCUT2D eigenvalue weighted by atomic mass is 19.1. The van der Waals surface area contributed by atoms with E-state index in [-0.39, 0.29) is 6.54 Å². The van der Waals surface area contributed by atoms with Crippen molar-refractivity contribution < 1.29 is 13.9 Å². The maximum absolute atomic E-state index is 13.3. The van der Waals surface area contributed by atoms with E-state index in [4.69, 9.17) is 0 Å². The molecule has 0 aliphatic rings. The van der Waals surface area contributed by atoms with Gasteiger partial charge in [-0.1, -0.05) is 19.9 Å². The minimum absolute atomic E-state index is 0.278. The van der Waals surface area contributed by atoms with Crippen LogP contribution < -0.4 is 5.32 Å². The van der Waals surface area contributed by atoms with Gasteiger partial charge in [0.25, 0.3) is 0 Å². The molecule has 102 valence electrons. The number of benzene rings is 1. The average Bonchev–Trinajstić information content (AvgIpc) is 2.19. The predicted octanol–water partition coefficient (Wildman–Crippen LogP) is 2.85. The number of halogens is 2. The van der Waals surface area contributed by atoms with Gasteiger partial charge in [-0.3, -0.25) is 0 Å². The summed E-state index contributed by atoms with van der Waals surface area (Å²) < 4.78 is 26.0. The first kappa shape index (κ1) is 15.1. The molecule has 1 unspecified atom stereocenters. The second kappa shape index (κ2) is 6.25. The summed E-state index contributed by atoms with van der Waals surface area (Å²) >= 11 is 0. The summed E-state index contributed by atoms with van der Waals surface area (Å²) in [7, 11) is 0. The van der Waals surface area contributed by atoms with Crippen LogP contribution in [0.1, 0.15) is 32.8 Å². The van der Waals surface area contributed by atoms with E-state index in [2.05, 4.69) is 5.32 Å². The minimum atomic E-state index is -0.815. The topological polar surface area (TPSA) is 32.3 Å². The Balaban J connectivity index is 2.46. The number of hydrogen-bond donors (Lipinski definition) is 2. The van der Waals surface area contributed by atoms with Crippen molar-refractivity contribution in [1.82, 2.24) is 5.32 Å². The highest BCUT2D eigenvalue weighted by Gasteiger charge is 2.21. The molecule has 0 radical (unpaired) electrons. The normalized spacial score (nSPS) is 14.8. The predicted molar refractivity (Wildman–Crippen MR) is 68.1 cm³/mol. The maximum Gasteiger partial charge on any atom is 0.130 e. The largest absolute Gasteiger partial charge is 0.389 e. The van der Waals surface area contributed by atoms with Crippen LogP contribution in [-0.4, -0.2) is 17.3 Å². The van der Waals surface area contributed by atoms with Gasteiger partial charge in [0.1, 0.15) is 11.6 Å². The Labute approximate surface area is 107 Å². The van der Waals surface area contributed by atoms with Crippen LogP contribution in [0.4, 0.5) is 8.78 Å². The van der Waals surface area contributed by atoms with Crippen LogP contribution in [-0.2, 0) is 6.54 Å². The lowest BCUT2D eigenvalue weighted by molar-refractivity contribution is 0.0382. The Hall–Kier alpha value is -1.00. The fraction of sp³-hybridized carbons (Fsp3) is 0.571. The molecule has 18 heavy (non-hydrogen) atoms. The van der Waals surface area contributed by atoms with E-state index in [9.17, 15) is 13.9 Å². The molecular weight excluding hydrogens is 236 g/mol. The van der Waals surface area contributed by atoms with E-state index in [1.165, 1.54) is 12.1 Å². The fourth-order valence-electron chi connectivity index (χ4n) is 2.08. The van der Waals surface area contributed by atoms with Gasteiger partial charge in [0.05, 0.1) is 5.60 Å². The monoisotopic (exact) mass is 257 g/mol. The fourth-order valence-corrected chi connectivity index (χ4v) is 2.08. The maximum atomic E-state index is 13.3. The van der Waals surface area contributed by atoms with E-state index in [1.54, 1.807) is 6.92 Å². The van der Waals surface area contributed by atoms with Crippen molar-refractivity contribution in [3.8, 4) is 0 Å². The molecule has 0 spiro atoms. The van der Waals surface area contributed by atoms with E-state index >= 15 is 0 Å². The third-order valence-corrected chi connectivity index (χ3v) is 2.68. The lowest BCUT2D eigenvalue weighted by Gasteiger charge is -2.25. The molecular formula is C14H21F2NO. The third-order valence-electron chi connectivity index (χ3n) is 2.68. The summed E-state index contributed by atoms with van der Waals surface area (Å²) in [5.74, 6) is -0.751. The molecule has 4 heteroatoms. The van der Waals surface area contributed by atoms with E-state index in [0.29, 0.717) is 24.4 Å². The van der Waals surface area contributed by atoms with Crippen molar-refractivity contribution in [3.05, 3.63) is 35.4 Å². The van der Waals surface area contributed by atoms with Gasteiger partial charge < -0.3 is 10.4 Å². The molecule has 1 rings (SSSR count). The smallest absolute Gasteiger partial charge is 0.130 e. The van der Waals surface area contributed by atoms with Crippen molar-refractivity contribution in [2.75, 3.05) is 6.54 Å². The standard InChI is InChI=1S/C14H21F2NO/c1-10(2)7-14(3,18)9-17-8-11-4-5-12(15)6-13(11)16/h4-6,10,17-18H,7-9H2,1-3H3. The van der Waals surface area contributed by atoms with Gasteiger partial charge in [-0.25, -0.2) is 8.78 Å². The Morgan fingerprint density at radius 2 is 2.00 bits per heavy atom. The third kappa shape index (κ3) is 5.10. The van der Waals surface area contributed by atoms with Crippen LogP contribution in [0.2, 0.25) is 0 Å². The summed E-state index contributed by atoms with van der Waals surface area (Å²) in [4.78, 5) is 0. The van der Waals surface area contributed by atoms with Gasteiger partial charge in [-0.15, -0.1) is 0 Å². The van der Waals surface area contributed by atoms with Gasteiger partial charge in [-0.05, 0) is 25.3 Å². The van der Waals surface area contributed by atoms with E-state index in [0.717, 1.165) is 6.07 Å². The zero-order valence-corrected chi connectivity index (χ0v) is 11.1. The van der Waals surface area contributed by atoms with E-state index < -0.39 is 17.2 Å². The Morgan fingerprint density at radius 1 is 1.33 bits per heavy atom. The molecule has 0 saturated carbocycles. The average molecular weight is 257 g/mol. The van der Waals surface area contributed by atoms with Crippen LogP contribution in [0.3, 0.4) is 0 Å². The first-order valence-corrected chi connectivity index (χ1v) is 6.17. The van der Waals surface area contributed by atoms with Gasteiger partial charge in [0, 0.05) is 24.7 Å². The molecule has 0 aliphatic heterocycles. The van der Waals surface area contributed by atoms with Gasteiger partial charge >= 0.3 is 0 Å². The van der Waals surface area contributed by atoms with Crippen molar-refractivity contribution >= 4 is 0 Å². The molecule has 0 aromatic heterocycles. The molecule has 0 bridgehead atoms. The first-order valence-electron chi connectivity index (χ1n) is 6.17. The lowest BCUT2D eigenvalue weighted by atomic mass is 9.94. The number of rotatable bonds is 6. The SMILES string of the molecule is CC(C)CC(C)(O)CNCc1ccc(F)cc1F. The molecule has 0 heterocycles. The second-order valence-electron chi connectivity index (χ2n) is 5.43. The van der Waals surface area contributed by atoms with Gasteiger partial charge in [-0.2, -0.15) is 0 Å². The van der Waals surface area contributed by atoms with Crippen molar-refractivity contribution in [1.29, 1.82) is 0 Å². The zero-order valence-electron chi connectivity index (χ0n) is 11.1. The molecule has 2 N–H and O–H groups in total. The Kier molecular flexibility index (Phi) is 5.23. The van der Waals surface area contributed by atoms with Gasteiger partial charge in [0.2, 0.25) is 0 Å². The summed E-state index contributed by atoms with van der Waals surface area (Å²) in [5.41, 5.74) is -0.415. The zero-order chi connectivity index (χ0) is 13.8. The van der Waals surface area contributed by atoms with E-state index in [1.807, 2.05) is 13.8 Å². The van der Waals surface area contributed by atoms with Crippen molar-refractivity contribution in [2.24, 2.45) is 5.92 Å². The molecule has 0 fully saturated rings. The van der Waals surface area contributed by atoms with Crippen LogP contribution >= 0.6 is 0 Å². The number of nitrogens with one attached hydrogen (secondary N) is 1. The molecule has 0 saturated heterocycles. The lowest BCUT2D eigenvalue weighted by Crippen LogP contribution is -2.38. The molecule has 2 nitrogen and oxygen atoms in total. The Morgan fingerprint density at radius 3 is 2.56 bits per heavy atom. The summed E-state index contributed by atoms with van der Waals surface area (Å²) in [6.07, 6.45) is 0.673. The van der Waals surface area contributed by atoms with Crippen molar-refractivity contribution in [2.45, 2.75) is 39.3 Å². The molecule has 1 atom stereocenters. The number of hydrogen-bond acceptors (Lipinski definition) is 2. The highest BCUT2D eigenvalue weighted by molar-refractivity contribution is 5.18. The van der Waals surface area contributed by atoms with Gasteiger partial charge in [0.15, 0.2) is 0 Å². The number of aliphatic hydroxyl groups is 1. The highest BCUT2D eigenvalue weighted by Crippen LogP contribution is 2.15. The molecule has 1 aromatic carbocycles. The minimum Gasteiger partial charge on any atom is -0.389 e. The summed E-state index contributed by atoms with van der Waals surface area (Å²) in [5, 5.41) is 13.1. The van der Waals surface area contributed by atoms with Crippen LogP contribution in [0.5, 0.6) is 0 Å². The van der Waals surface area contributed by atoms with Crippen LogP contribution in [0.15, 0.2) is 18.2 Å². The molecule has 0 amide bonds. The molecule has 1 aromatic rings. The summed E-state index contributed by atoms with van der Waals surface area (Å²) in [6.45, 7) is 6.48. The summed E-state index contributed by atoms with van der Waals surface area (Å²) in [6, 6.07) is 3.50. The molecule has 0 aliphatic carbocycles. The second-order valence-corrected chi connectivity index (χ2v) is 5.43. The quantitative estimate of drug-likeness (QED) is 0.821. The first-order chi connectivity index (χ1) is 8.30. The van der Waals surface area contributed by atoms with Crippen LogP contribution in [0.25, 0.3) is 0 Å². The Bertz CT molecular complexity index is 391. The van der Waals surface area contributed by atoms with Crippen LogP contribution in [0, 0.1) is 17.6 Å². The van der Waals surface area contributed by atoms with Crippen molar-refractivity contribution in [3.63, 3.8) is 0 Å².